The predicted molar refractivity (Wildman–Crippen MR) is 74.5 cm³/mol. The molecule has 1 N–H and O–H groups in total. The first-order valence-electron chi connectivity index (χ1n) is 7.14. The molecule has 0 aromatic heterocycles. The molecule has 3 heteroatoms. The zero-order chi connectivity index (χ0) is 13.5. The molecule has 0 amide bonds. The lowest BCUT2D eigenvalue weighted by Gasteiger charge is -2.36. The van der Waals surface area contributed by atoms with Crippen molar-refractivity contribution in [1.82, 2.24) is 4.90 Å². The Kier molecular flexibility index (Phi) is 3.09. The van der Waals surface area contributed by atoms with Crippen LogP contribution >= 0.6 is 0 Å². The van der Waals surface area contributed by atoms with Gasteiger partial charge in [0, 0.05) is 19.0 Å². The van der Waals surface area contributed by atoms with Crippen molar-refractivity contribution in [3.8, 4) is 0 Å². The van der Waals surface area contributed by atoms with E-state index in [-0.39, 0.29) is 0 Å². The monoisotopic (exact) mass is 259 g/mol. The molecule has 0 atom stereocenters. The van der Waals surface area contributed by atoms with Crippen molar-refractivity contribution in [2.45, 2.75) is 37.0 Å². The van der Waals surface area contributed by atoms with Gasteiger partial charge < -0.3 is 10.0 Å². The Morgan fingerprint density at radius 3 is 2.26 bits per heavy atom. The maximum atomic E-state index is 11.6. The molecule has 0 unspecified atom stereocenters. The van der Waals surface area contributed by atoms with E-state index in [9.17, 15) is 9.90 Å². The average molecular weight is 259 g/mol. The van der Waals surface area contributed by atoms with Crippen molar-refractivity contribution >= 4 is 5.97 Å². The lowest BCUT2D eigenvalue weighted by Crippen LogP contribution is -2.41. The first-order chi connectivity index (χ1) is 9.12. The first kappa shape index (κ1) is 12.7. The van der Waals surface area contributed by atoms with Gasteiger partial charge >= 0.3 is 5.97 Å². The number of likely N-dealkylation sites (tertiary alicyclic amines) is 1. The van der Waals surface area contributed by atoms with Crippen LogP contribution in [0.1, 0.15) is 42.7 Å². The van der Waals surface area contributed by atoms with Crippen LogP contribution in [0.25, 0.3) is 0 Å². The normalized spacial score (nSPS) is 23.2. The lowest BCUT2D eigenvalue weighted by molar-refractivity contribution is -0.143. The maximum absolute atomic E-state index is 11.6. The Morgan fingerprint density at radius 1 is 1.21 bits per heavy atom. The Balaban J connectivity index is 1.83. The second-order valence-electron chi connectivity index (χ2n) is 6.13. The van der Waals surface area contributed by atoms with Gasteiger partial charge in [-0.3, -0.25) is 4.79 Å². The Bertz CT molecular complexity index is 468. The van der Waals surface area contributed by atoms with Gasteiger partial charge in [0.15, 0.2) is 0 Å². The number of carboxylic acids is 1. The molecule has 3 rings (SSSR count). The van der Waals surface area contributed by atoms with E-state index in [2.05, 4.69) is 24.1 Å². The van der Waals surface area contributed by atoms with Crippen LogP contribution in [0.2, 0.25) is 0 Å². The largest absolute Gasteiger partial charge is 0.481 e. The topological polar surface area (TPSA) is 40.5 Å². The highest BCUT2D eigenvalue weighted by Crippen LogP contribution is 2.41. The molecule has 1 aliphatic carbocycles. The summed E-state index contributed by atoms with van der Waals surface area (Å²) in [5.41, 5.74) is 1.73. The van der Waals surface area contributed by atoms with Crippen LogP contribution in [-0.2, 0) is 10.2 Å². The number of nitrogens with zero attached hydrogens (tertiary/aromatic N) is 1. The SMILES string of the molecule is CN1CC(c2ccc(C3(C(=O)O)CCCC3)cc2)C1. The van der Waals surface area contributed by atoms with Gasteiger partial charge in [-0.2, -0.15) is 0 Å². The summed E-state index contributed by atoms with van der Waals surface area (Å²) in [5, 5.41) is 9.58. The molecule has 1 aromatic rings. The highest BCUT2D eigenvalue weighted by Gasteiger charge is 2.42. The fraction of sp³-hybridized carbons (Fsp3) is 0.562. The number of hydrogen-bond donors (Lipinski definition) is 1. The van der Waals surface area contributed by atoms with Gasteiger partial charge in [-0.25, -0.2) is 0 Å². The van der Waals surface area contributed by atoms with Gasteiger partial charge in [0.2, 0.25) is 0 Å². The van der Waals surface area contributed by atoms with Crippen molar-refractivity contribution < 1.29 is 9.90 Å². The molecule has 102 valence electrons. The molecule has 2 fully saturated rings. The smallest absolute Gasteiger partial charge is 0.314 e. The van der Waals surface area contributed by atoms with Crippen LogP contribution in [0.15, 0.2) is 24.3 Å². The number of carbonyl (C=O) groups is 1. The highest BCUT2D eigenvalue weighted by atomic mass is 16.4. The van der Waals surface area contributed by atoms with E-state index in [1.54, 1.807) is 0 Å². The summed E-state index contributed by atoms with van der Waals surface area (Å²) in [6.07, 6.45) is 3.63. The van der Waals surface area contributed by atoms with Crippen LogP contribution in [0.4, 0.5) is 0 Å². The van der Waals surface area contributed by atoms with Gasteiger partial charge in [-0.15, -0.1) is 0 Å². The van der Waals surface area contributed by atoms with E-state index in [1.807, 2.05) is 12.1 Å². The fourth-order valence-electron chi connectivity index (χ4n) is 3.59. The second-order valence-corrected chi connectivity index (χ2v) is 6.13. The van der Waals surface area contributed by atoms with Crippen LogP contribution in [0.5, 0.6) is 0 Å². The fourth-order valence-corrected chi connectivity index (χ4v) is 3.59. The molecule has 0 bridgehead atoms. The summed E-state index contributed by atoms with van der Waals surface area (Å²) >= 11 is 0. The van der Waals surface area contributed by atoms with E-state index in [1.165, 1.54) is 5.56 Å². The van der Waals surface area contributed by atoms with Crippen LogP contribution in [0, 0.1) is 0 Å². The Hall–Kier alpha value is -1.35. The minimum atomic E-state index is -0.652. The van der Waals surface area contributed by atoms with E-state index in [4.69, 9.17) is 0 Å². The van der Waals surface area contributed by atoms with E-state index >= 15 is 0 Å². The quantitative estimate of drug-likeness (QED) is 0.907. The molecule has 1 heterocycles. The molecule has 1 aliphatic heterocycles. The third-order valence-electron chi connectivity index (χ3n) is 4.87. The molecule has 3 nitrogen and oxygen atoms in total. The molecule has 19 heavy (non-hydrogen) atoms. The van der Waals surface area contributed by atoms with Crippen molar-refractivity contribution in [2.24, 2.45) is 0 Å². The van der Waals surface area contributed by atoms with Gasteiger partial charge in [0.25, 0.3) is 0 Å². The number of carboxylic acid groups (broad SMARTS) is 1. The van der Waals surface area contributed by atoms with Crippen LogP contribution in [-0.4, -0.2) is 36.1 Å². The predicted octanol–water partition coefficient (Wildman–Crippen LogP) is 2.61. The molecule has 1 saturated heterocycles. The molecular formula is C16H21NO2. The molecule has 2 aliphatic rings. The second kappa shape index (κ2) is 4.64. The van der Waals surface area contributed by atoms with E-state index < -0.39 is 11.4 Å². The van der Waals surface area contributed by atoms with E-state index in [0.29, 0.717) is 5.92 Å². The zero-order valence-corrected chi connectivity index (χ0v) is 11.4. The minimum absolute atomic E-state index is 0.616. The van der Waals surface area contributed by atoms with Crippen molar-refractivity contribution in [1.29, 1.82) is 0 Å². The number of likely N-dealkylation sites (N-methyl/N-ethyl adjacent to an activating group) is 1. The summed E-state index contributed by atoms with van der Waals surface area (Å²) < 4.78 is 0. The van der Waals surface area contributed by atoms with Crippen LogP contribution < -0.4 is 0 Å². The van der Waals surface area contributed by atoms with Crippen molar-refractivity contribution in [3.05, 3.63) is 35.4 Å². The van der Waals surface area contributed by atoms with Crippen molar-refractivity contribution in [2.75, 3.05) is 20.1 Å². The third-order valence-corrected chi connectivity index (χ3v) is 4.87. The van der Waals surface area contributed by atoms with Crippen LogP contribution in [0.3, 0.4) is 0 Å². The van der Waals surface area contributed by atoms with Gasteiger partial charge in [-0.05, 0) is 31.0 Å². The number of benzene rings is 1. The lowest BCUT2D eigenvalue weighted by atomic mass is 9.78. The number of hydrogen-bond acceptors (Lipinski definition) is 2. The summed E-state index contributed by atoms with van der Waals surface area (Å²) in [4.78, 5) is 13.9. The molecule has 0 radical (unpaired) electrons. The molecule has 1 saturated carbocycles. The number of rotatable bonds is 3. The summed E-state index contributed by atoms with van der Waals surface area (Å²) in [6, 6.07) is 8.37. The van der Waals surface area contributed by atoms with Gasteiger partial charge in [0.05, 0.1) is 5.41 Å². The number of aliphatic carboxylic acids is 1. The maximum Gasteiger partial charge on any atom is 0.314 e. The average Bonchev–Trinajstić information content (AvgIpc) is 2.86. The van der Waals surface area contributed by atoms with Crippen molar-refractivity contribution in [3.63, 3.8) is 0 Å². The summed E-state index contributed by atoms with van der Waals surface area (Å²) in [5.74, 6) is -0.0236. The Morgan fingerprint density at radius 2 is 1.79 bits per heavy atom. The Labute approximate surface area is 114 Å². The van der Waals surface area contributed by atoms with E-state index in [0.717, 1.165) is 44.3 Å². The van der Waals surface area contributed by atoms with Gasteiger partial charge in [0.1, 0.15) is 0 Å². The summed E-state index contributed by atoms with van der Waals surface area (Å²) in [7, 11) is 2.13. The molecule has 0 spiro atoms. The minimum Gasteiger partial charge on any atom is -0.481 e. The third kappa shape index (κ3) is 2.06. The zero-order valence-electron chi connectivity index (χ0n) is 11.4. The van der Waals surface area contributed by atoms with Gasteiger partial charge in [-0.1, -0.05) is 37.1 Å². The highest BCUT2D eigenvalue weighted by molar-refractivity contribution is 5.81. The molecule has 1 aromatic carbocycles. The first-order valence-corrected chi connectivity index (χ1v) is 7.14. The standard InChI is InChI=1S/C16H21NO2/c1-17-10-13(11-17)12-4-6-14(7-5-12)16(15(18)19)8-2-3-9-16/h4-7,13H,2-3,8-11H2,1H3,(H,18,19). The summed E-state index contributed by atoms with van der Waals surface area (Å²) in [6.45, 7) is 2.23. The molecular weight excluding hydrogens is 238 g/mol.